The highest BCUT2D eigenvalue weighted by atomic mass is 32.1. The highest BCUT2D eigenvalue weighted by Crippen LogP contribution is 2.35. The van der Waals surface area contributed by atoms with Crippen LogP contribution in [0.1, 0.15) is 19.8 Å². The highest BCUT2D eigenvalue weighted by molar-refractivity contribution is 7.11. The van der Waals surface area contributed by atoms with Crippen molar-refractivity contribution in [2.24, 2.45) is 0 Å². The summed E-state index contributed by atoms with van der Waals surface area (Å²) < 4.78 is 9.36. The maximum absolute atomic E-state index is 5.73. The minimum absolute atomic E-state index is 0.478. The maximum Gasteiger partial charge on any atom is 0.197 e. The van der Waals surface area contributed by atoms with Gasteiger partial charge < -0.3 is 20.7 Å². The summed E-state index contributed by atoms with van der Waals surface area (Å²) in [7, 11) is 1.63. The van der Waals surface area contributed by atoms with Crippen LogP contribution in [0.15, 0.2) is 0 Å². The first-order valence-electron chi connectivity index (χ1n) is 6.02. The zero-order chi connectivity index (χ0) is 12.3. The lowest BCUT2D eigenvalue weighted by atomic mass is 10.1. The van der Waals surface area contributed by atoms with Crippen LogP contribution in [0.4, 0.5) is 10.8 Å². The number of nitrogens with one attached hydrogen (secondary N) is 1. The zero-order valence-corrected chi connectivity index (χ0v) is 11.2. The van der Waals surface area contributed by atoms with Crippen molar-refractivity contribution in [3.8, 4) is 5.75 Å². The number of ether oxygens (including phenoxy) is 1. The Morgan fingerprint density at radius 2 is 2.24 bits per heavy atom. The number of rotatable bonds is 4. The van der Waals surface area contributed by atoms with Gasteiger partial charge in [-0.05, 0) is 30.9 Å². The second-order valence-corrected chi connectivity index (χ2v) is 5.06. The van der Waals surface area contributed by atoms with Crippen molar-refractivity contribution in [2.75, 3.05) is 37.8 Å². The summed E-state index contributed by atoms with van der Waals surface area (Å²) in [5.41, 5.74) is 5.73. The first kappa shape index (κ1) is 12.4. The van der Waals surface area contributed by atoms with E-state index in [0.29, 0.717) is 17.6 Å². The summed E-state index contributed by atoms with van der Waals surface area (Å²) in [4.78, 5) is 2.47. The van der Waals surface area contributed by atoms with Gasteiger partial charge in [0, 0.05) is 19.1 Å². The van der Waals surface area contributed by atoms with Crippen molar-refractivity contribution in [1.82, 2.24) is 9.27 Å². The van der Waals surface area contributed by atoms with E-state index in [-0.39, 0.29) is 0 Å². The van der Waals surface area contributed by atoms with Crippen LogP contribution in [0.25, 0.3) is 0 Å². The summed E-state index contributed by atoms with van der Waals surface area (Å²) in [6.07, 6.45) is 2.32. The first-order valence-corrected chi connectivity index (χ1v) is 6.80. The van der Waals surface area contributed by atoms with E-state index in [1.807, 2.05) is 0 Å². The van der Waals surface area contributed by atoms with Gasteiger partial charge >= 0.3 is 0 Å². The van der Waals surface area contributed by atoms with Gasteiger partial charge in [-0.1, -0.05) is 6.92 Å². The van der Waals surface area contributed by atoms with Gasteiger partial charge in [0.1, 0.15) is 0 Å². The molecule has 0 radical (unpaired) electrons. The third-order valence-electron chi connectivity index (χ3n) is 3.25. The van der Waals surface area contributed by atoms with Gasteiger partial charge in [0.05, 0.1) is 7.11 Å². The first-order chi connectivity index (χ1) is 8.24. The predicted molar refractivity (Wildman–Crippen MR) is 71.8 cm³/mol. The van der Waals surface area contributed by atoms with Gasteiger partial charge in [-0.2, -0.15) is 4.37 Å². The van der Waals surface area contributed by atoms with Crippen LogP contribution < -0.4 is 15.8 Å². The van der Waals surface area contributed by atoms with Gasteiger partial charge in [0.15, 0.2) is 16.6 Å². The molecule has 2 heterocycles. The van der Waals surface area contributed by atoms with Crippen molar-refractivity contribution in [3.05, 3.63) is 0 Å². The van der Waals surface area contributed by atoms with Crippen molar-refractivity contribution >= 4 is 22.4 Å². The molecule has 1 saturated heterocycles. The van der Waals surface area contributed by atoms with Crippen molar-refractivity contribution in [3.63, 3.8) is 0 Å². The van der Waals surface area contributed by atoms with Crippen LogP contribution in [0.2, 0.25) is 0 Å². The molecule has 3 N–H and O–H groups in total. The smallest absolute Gasteiger partial charge is 0.197 e. The number of nitrogens with zero attached hydrogens (tertiary/aromatic N) is 2. The molecule has 0 bridgehead atoms. The van der Waals surface area contributed by atoms with Crippen LogP contribution >= 0.6 is 11.5 Å². The molecule has 0 saturated carbocycles. The Bertz CT molecular complexity index is 360. The van der Waals surface area contributed by atoms with E-state index in [9.17, 15) is 0 Å². The standard InChI is InChI=1S/C11H20N4OS/c1-3-15-6-4-8(5-7-15)13-11-9(16-2)10(12)14-17-11/h8,13H,3-7H2,1-2H3,(H2,12,14). The van der Waals surface area contributed by atoms with Crippen LogP contribution in [-0.2, 0) is 0 Å². The normalized spacial score (nSPS) is 18.2. The highest BCUT2D eigenvalue weighted by Gasteiger charge is 2.20. The molecule has 1 aliphatic rings. The Balaban J connectivity index is 1.93. The largest absolute Gasteiger partial charge is 0.490 e. The molecule has 0 aromatic carbocycles. The molecule has 1 fully saturated rings. The molecular weight excluding hydrogens is 236 g/mol. The van der Waals surface area contributed by atoms with E-state index in [1.54, 1.807) is 7.11 Å². The molecule has 6 heteroatoms. The van der Waals surface area contributed by atoms with Crippen molar-refractivity contribution in [1.29, 1.82) is 0 Å². The Morgan fingerprint density at radius 1 is 1.53 bits per heavy atom. The Hall–Kier alpha value is -1.01. The summed E-state index contributed by atoms with van der Waals surface area (Å²) >= 11 is 1.38. The lowest BCUT2D eigenvalue weighted by Crippen LogP contribution is -2.38. The fourth-order valence-corrected chi connectivity index (χ4v) is 2.92. The molecule has 0 unspecified atom stereocenters. The molecule has 1 aromatic heterocycles. The fourth-order valence-electron chi connectivity index (χ4n) is 2.16. The van der Waals surface area contributed by atoms with Crippen molar-refractivity contribution in [2.45, 2.75) is 25.8 Å². The number of nitrogen functional groups attached to an aromatic ring is 1. The summed E-state index contributed by atoms with van der Waals surface area (Å²) in [6.45, 7) is 5.67. The van der Waals surface area contributed by atoms with Gasteiger partial charge in [-0.3, -0.25) is 0 Å². The lowest BCUT2D eigenvalue weighted by molar-refractivity contribution is 0.229. The molecule has 0 spiro atoms. The predicted octanol–water partition coefficient (Wildman–Crippen LogP) is 1.63. The SMILES string of the molecule is CCN1CCC(Nc2snc(N)c2OC)CC1. The monoisotopic (exact) mass is 256 g/mol. The Labute approximate surface area is 106 Å². The molecule has 5 nitrogen and oxygen atoms in total. The fraction of sp³-hybridized carbons (Fsp3) is 0.727. The number of piperidine rings is 1. The lowest BCUT2D eigenvalue weighted by Gasteiger charge is -2.31. The second kappa shape index (κ2) is 5.55. The van der Waals surface area contributed by atoms with Crippen LogP contribution in [0, 0.1) is 0 Å². The van der Waals surface area contributed by atoms with Gasteiger partial charge in [0.25, 0.3) is 0 Å². The number of aromatic nitrogens is 1. The summed E-state index contributed by atoms with van der Waals surface area (Å²) in [6, 6.07) is 0.506. The topological polar surface area (TPSA) is 63.4 Å². The van der Waals surface area contributed by atoms with Crippen LogP contribution in [0.5, 0.6) is 5.75 Å². The van der Waals surface area contributed by atoms with Crippen LogP contribution in [-0.4, -0.2) is 42.1 Å². The number of nitrogens with two attached hydrogens (primary N) is 1. The second-order valence-electron chi connectivity index (χ2n) is 4.28. The Morgan fingerprint density at radius 3 is 2.82 bits per heavy atom. The van der Waals surface area contributed by atoms with E-state index in [0.717, 1.165) is 37.5 Å². The Kier molecular flexibility index (Phi) is 4.06. The van der Waals surface area contributed by atoms with E-state index in [4.69, 9.17) is 10.5 Å². The van der Waals surface area contributed by atoms with Crippen LogP contribution in [0.3, 0.4) is 0 Å². The molecular formula is C11H20N4OS. The third-order valence-corrected chi connectivity index (χ3v) is 4.02. The minimum Gasteiger partial charge on any atom is -0.490 e. The van der Waals surface area contributed by atoms with Crippen molar-refractivity contribution < 1.29 is 4.74 Å². The van der Waals surface area contributed by atoms with Gasteiger partial charge in [-0.25, -0.2) is 0 Å². The van der Waals surface area contributed by atoms with Gasteiger partial charge in [-0.15, -0.1) is 0 Å². The number of likely N-dealkylation sites (tertiary alicyclic amines) is 1. The molecule has 0 aliphatic carbocycles. The van der Waals surface area contributed by atoms with E-state index >= 15 is 0 Å². The van der Waals surface area contributed by atoms with E-state index in [1.165, 1.54) is 11.5 Å². The molecule has 2 rings (SSSR count). The average Bonchev–Trinajstić information content (AvgIpc) is 2.71. The minimum atomic E-state index is 0.478. The quantitative estimate of drug-likeness (QED) is 0.857. The zero-order valence-electron chi connectivity index (χ0n) is 10.4. The average molecular weight is 256 g/mol. The summed E-state index contributed by atoms with van der Waals surface area (Å²) in [5, 5.41) is 4.45. The molecule has 17 heavy (non-hydrogen) atoms. The van der Waals surface area contributed by atoms with Gasteiger partial charge in [0.2, 0.25) is 0 Å². The van der Waals surface area contributed by atoms with E-state index in [2.05, 4.69) is 21.5 Å². The molecule has 0 atom stereocenters. The molecule has 0 amide bonds. The van der Waals surface area contributed by atoms with E-state index < -0.39 is 0 Å². The summed E-state index contributed by atoms with van der Waals surface area (Å²) in [5.74, 6) is 1.17. The molecule has 1 aliphatic heterocycles. The number of anilines is 2. The third kappa shape index (κ3) is 2.81. The molecule has 1 aromatic rings. The number of hydrogen-bond donors (Lipinski definition) is 2. The maximum atomic E-state index is 5.73. The molecule has 96 valence electrons. The number of methoxy groups -OCH3 is 1. The number of hydrogen-bond acceptors (Lipinski definition) is 6.